The number of rotatable bonds is 3. The maximum absolute atomic E-state index is 13.7. The molecule has 0 spiro atoms. The molecule has 8 heteroatoms. The fraction of sp³-hybridized carbons (Fsp3) is 0.0769. The number of benzene rings is 1. The van der Waals surface area contributed by atoms with Gasteiger partial charge in [-0.25, -0.2) is 17.6 Å². The molecule has 1 aliphatic rings. The van der Waals surface area contributed by atoms with Crippen molar-refractivity contribution >= 4 is 11.6 Å². The molecule has 3 nitrogen and oxygen atoms in total. The molecule has 0 radical (unpaired) electrons. The largest absolute Gasteiger partial charge is 0.452 e. The van der Waals surface area contributed by atoms with E-state index in [1.807, 2.05) is 0 Å². The average Bonchev–Trinajstić information content (AvgIpc) is 2.44. The second-order valence-corrected chi connectivity index (χ2v) is 3.93. The fourth-order valence-electron chi connectivity index (χ4n) is 1.51. The van der Waals surface area contributed by atoms with Gasteiger partial charge in [-0.15, -0.1) is 0 Å². The Morgan fingerprint density at radius 1 is 0.952 bits per heavy atom. The highest BCUT2D eigenvalue weighted by molar-refractivity contribution is 6.16. The smallest absolute Gasteiger partial charge is 0.267 e. The highest BCUT2D eigenvalue weighted by Gasteiger charge is 2.27. The SMILES string of the molecule is O=C1C=CC(=O)C(OC(F)c2cc(F)c(F)c(F)c2F)=C1. The van der Waals surface area contributed by atoms with Gasteiger partial charge in [0, 0.05) is 6.08 Å². The van der Waals surface area contributed by atoms with Crippen molar-refractivity contribution in [3.8, 4) is 0 Å². The minimum atomic E-state index is -2.80. The molecular formula is C13H5F5O3. The lowest BCUT2D eigenvalue weighted by atomic mass is 10.1. The molecule has 1 aromatic rings. The summed E-state index contributed by atoms with van der Waals surface area (Å²) in [5.41, 5.74) is -1.28. The summed E-state index contributed by atoms with van der Waals surface area (Å²) in [6.45, 7) is 0. The second-order valence-electron chi connectivity index (χ2n) is 3.93. The maximum Gasteiger partial charge on any atom is 0.267 e. The number of carbonyl (C=O) groups excluding carboxylic acids is 2. The van der Waals surface area contributed by atoms with E-state index < -0.39 is 52.5 Å². The van der Waals surface area contributed by atoms with Crippen molar-refractivity contribution in [3.05, 3.63) is 58.9 Å². The zero-order chi connectivity index (χ0) is 15.7. The lowest BCUT2D eigenvalue weighted by molar-refractivity contribution is -0.120. The van der Waals surface area contributed by atoms with Gasteiger partial charge in [-0.05, 0) is 18.2 Å². The molecule has 110 valence electrons. The first-order valence-corrected chi connectivity index (χ1v) is 5.43. The topological polar surface area (TPSA) is 43.4 Å². The molecule has 0 N–H and O–H groups in total. The van der Waals surface area contributed by atoms with Crippen LogP contribution >= 0.6 is 0 Å². The Morgan fingerprint density at radius 3 is 2.29 bits per heavy atom. The predicted octanol–water partition coefficient (Wildman–Crippen LogP) is 2.82. The number of hydrogen-bond acceptors (Lipinski definition) is 3. The molecule has 0 saturated heterocycles. The first-order chi connectivity index (χ1) is 9.81. The quantitative estimate of drug-likeness (QED) is 0.373. The molecule has 1 aromatic carbocycles. The van der Waals surface area contributed by atoms with E-state index in [0.717, 1.165) is 12.2 Å². The molecule has 2 rings (SSSR count). The van der Waals surface area contributed by atoms with E-state index in [1.165, 1.54) is 0 Å². The molecule has 21 heavy (non-hydrogen) atoms. The van der Waals surface area contributed by atoms with Crippen molar-refractivity contribution in [3.63, 3.8) is 0 Å². The third kappa shape index (κ3) is 2.83. The average molecular weight is 304 g/mol. The molecule has 0 fully saturated rings. The van der Waals surface area contributed by atoms with Crippen LogP contribution in [0.25, 0.3) is 0 Å². The first-order valence-electron chi connectivity index (χ1n) is 5.43. The summed E-state index contributed by atoms with van der Waals surface area (Å²) in [5.74, 6) is -10.5. The van der Waals surface area contributed by atoms with Gasteiger partial charge in [-0.2, -0.15) is 4.39 Å². The van der Waals surface area contributed by atoms with Crippen molar-refractivity contribution in [2.45, 2.75) is 6.36 Å². The number of ketones is 2. The minimum Gasteiger partial charge on any atom is -0.452 e. The van der Waals surface area contributed by atoms with E-state index in [1.54, 1.807) is 0 Å². The van der Waals surface area contributed by atoms with E-state index in [2.05, 4.69) is 4.74 Å². The monoisotopic (exact) mass is 304 g/mol. The summed E-state index contributed by atoms with van der Waals surface area (Å²) in [7, 11) is 0. The van der Waals surface area contributed by atoms with E-state index in [0.29, 0.717) is 6.08 Å². The van der Waals surface area contributed by atoms with Crippen LogP contribution in [0.1, 0.15) is 11.9 Å². The van der Waals surface area contributed by atoms with Gasteiger partial charge < -0.3 is 4.74 Å². The molecular weight excluding hydrogens is 299 g/mol. The zero-order valence-corrected chi connectivity index (χ0v) is 10.0. The zero-order valence-electron chi connectivity index (χ0n) is 10.0. The lowest BCUT2D eigenvalue weighted by Crippen LogP contribution is -2.13. The summed E-state index contributed by atoms with van der Waals surface area (Å²) in [6.07, 6.45) is -0.500. The van der Waals surface area contributed by atoms with Crippen LogP contribution < -0.4 is 0 Å². The predicted molar refractivity (Wildman–Crippen MR) is 58.4 cm³/mol. The molecule has 0 amide bonds. The van der Waals surface area contributed by atoms with Crippen LogP contribution in [0.3, 0.4) is 0 Å². The van der Waals surface area contributed by atoms with E-state index in [-0.39, 0.29) is 6.07 Å². The number of ether oxygens (including phenoxy) is 1. The van der Waals surface area contributed by atoms with Gasteiger partial charge in [0.15, 0.2) is 34.8 Å². The third-order valence-corrected chi connectivity index (χ3v) is 2.52. The third-order valence-electron chi connectivity index (χ3n) is 2.52. The van der Waals surface area contributed by atoms with Crippen LogP contribution in [0, 0.1) is 23.3 Å². The lowest BCUT2D eigenvalue weighted by Gasteiger charge is -2.15. The van der Waals surface area contributed by atoms with Gasteiger partial charge in [0.25, 0.3) is 6.36 Å². The van der Waals surface area contributed by atoms with Crippen LogP contribution in [0.4, 0.5) is 22.0 Å². The van der Waals surface area contributed by atoms with Crippen molar-refractivity contribution in [1.29, 1.82) is 0 Å². The van der Waals surface area contributed by atoms with Gasteiger partial charge >= 0.3 is 0 Å². The van der Waals surface area contributed by atoms with Crippen LogP contribution in [0.5, 0.6) is 0 Å². The Bertz CT molecular complexity index is 694. The number of alkyl halides is 1. The maximum atomic E-state index is 13.7. The number of allylic oxidation sites excluding steroid dienone is 3. The summed E-state index contributed by atoms with van der Waals surface area (Å²) >= 11 is 0. The summed E-state index contributed by atoms with van der Waals surface area (Å²) in [5, 5.41) is 0. The van der Waals surface area contributed by atoms with E-state index in [9.17, 15) is 31.5 Å². The molecule has 0 saturated carbocycles. The summed E-state index contributed by atoms with van der Waals surface area (Å²) < 4.78 is 70.1. The fourth-order valence-corrected chi connectivity index (χ4v) is 1.51. The highest BCUT2D eigenvalue weighted by Crippen LogP contribution is 2.29. The molecule has 1 aliphatic carbocycles. The van der Waals surface area contributed by atoms with E-state index >= 15 is 0 Å². The molecule has 0 aromatic heterocycles. The van der Waals surface area contributed by atoms with Crippen LogP contribution in [-0.4, -0.2) is 11.6 Å². The summed E-state index contributed by atoms with van der Waals surface area (Å²) in [4.78, 5) is 22.3. The summed E-state index contributed by atoms with van der Waals surface area (Å²) in [6, 6.07) is 0.0595. The van der Waals surface area contributed by atoms with Crippen molar-refractivity contribution in [1.82, 2.24) is 0 Å². The Kier molecular flexibility index (Phi) is 3.88. The second kappa shape index (κ2) is 5.47. The Labute approximate surface area is 114 Å². The van der Waals surface area contributed by atoms with Crippen molar-refractivity contribution < 1.29 is 36.3 Å². The van der Waals surface area contributed by atoms with Crippen molar-refractivity contribution in [2.75, 3.05) is 0 Å². The van der Waals surface area contributed by atoms with Gasteiger partial charge in [-0.3, -0.25) is 9.59 Å². The Balaban J connectivity index is 2.32. The van der Waals surface area contributed by atoms with Gasteiger partial charge in [0.1, 0.15) is 0 Å². The van der Waals surface area contributed by atoms with Crippen molar-refractivity contribution in [2.24, 2.45) is 0 Å². The molecule has 0 bridgehead atoms. The van der Waals surface area contributed by atoms with Crippen LogP contribution in [0.15, 0.2) is 30.1 Å². The normalized spacial score (nSPS) is 16.0. The molecule has 1 unspecified atom stereocenters. The standard InChI is InChI=1S/C13H5F5O3/c14-7-4-6(10(15)12(17)11(7)16)13(18)21-9-3-5(19)1-2-8(9)20/h1-4,13H. The number of hydrogen-bond donors (Lipinski definition) is 0. The molecule has 1 atom stereocenters. The molecule has 0 heterocycles. The molecule has 0 aliphatic heterocycles. The first kappa shape index (κ1) is 14.9. The Hall–Kier alpha value is -2.51. The Morgan fingerprint density at radius 2 is 1.62 bits per heavy atom. The van der Waals surface area contributed by atoms with Gasteiger partial charge in [0.2, 0.25) is 5.78 Å². The minimum absolute atomic E-state index is 0.0595. The van der Waals surface area contributed by atoms with Gasteiger partial charge in [0.05, 0.1) is 5.56 Å². The number of halogens is 5. The van der Waals surface area contributed by atoms with Crippen LogP contribution in [-0.2, 0) is 14.3 Å². The van der Waals surface area contributed by atoms with E-state index in [4.69, 9.17) is 0 Å². The number of carbonyl (C=O) groups is 2. The highest BCUT2D eigenvalue weighted by atomic mass is 19.2. The van der Waals surface area contributed by atoms with Crippen LogP contribution in [0.2, 0.25) is 0 Å². The van der Waals surface area contributed by atoms with Gasteiger partial charge in [-0.1, -0.05) is 0 Å².